The van der Waals surface area contributed by atoms with Gasteiger partial charge in [0.15, 0.2) is 0 Å². The molecule has 6 unspecified atom stereocenters. The van der Waals surface area contributed by atoms with Crippen molar-refractivity contribution in [2.24, 2.45) is 47.3 Å². The molecule has 0 saturated heterocycles. The number of anilines is 4. The average molecular weight is 1600 g/mol. The van der Waals surface area contributed by atoms with Crippen molar-refractivity contribution in [1.29, 1.82) is 0 Å². The quantitative estimate of drug-likeness (QED) is 0.0553. The highest BCUT2D eigenvalue weighted by Gasteiger charge is 2.30. The molecule has 19 nitrogen and oxygen atoms in total. The number of pyridine rings is 5. The Morgan fingerprint density at radius 1 is 0.283 bits per heavy atom. The number of nitrogens with zero attached hydrogens (tertiary/aromatic N) is 11. The Kier molecular flexibility index (Phi) is 30.3. The summed E-state index contributed by atoms with van der Waals surface area (Å²) in [5, 5.41) is 12.6. The number of hydrogen-bond acceptors (Lipinski definition) is 15. The number of rotatable bonds is 20. The van der Waals surface area contributed by atoms with Gasteiger partial charge in [-0.1, -0.05) is 109 Å². The van der Waals surface area contributed by atoms with Crippen LogP contribution in [0.25, 0.3) is 45.0 Å². The summed E-state index contributed by atoms with van der Waals surface area (Å²) in [4.78, 5) is 99.2. The zero-order chi connectivity index (χ0) is 83.7. The van der Waals surface area contributed by atoms with Gasteiger partial charge in [0, 0.05) is 144 Å². The first-order valence-electron chi connectivity index (χ1n) is 43.0. The average Bonchev–Trinajstić information content (AvgIpc) is 0.830. The Balaban J connectivity index is 0.000000138. The Labute approximate surface area is 707 Å². The third kappa shape index (κ3) is 24.0. The fraction of sp³-hybridized carbons (Fsp3) is 0.356. The van der Waals surface area contributed by atoms with Gasteiger partial charge < -0.3 is 21.3 Å². The van der Waals surface area contributed by atoms with E-state index in [2.05, 4.69) is 186 Å². The summed E-state index contributed by atoms with van der Waals surface area (Å²) in [7, 11) is 0. The molecule has 19 heteroatoms. The van der Waals surface area contributed by atoms with Crippen LogP contribution in [0, 0.1) is 75.0 Å². The zero-order valence-electron chi connectivity index (χ0n) is 70.7. The van der Waals surface area contributed by atoms with Crippen molar-refractivity contribution in [3.63, 3.8) is 0 Å². The zero-order valence-corrected chi connectivity index (χ0v) is 70.7. The Hall–Kier alpha value is -12.3. The number of carbonyl (C=O) groups is 4. The number of amides is 4. The predicted molar refractivity (Wildman–Crippen MR) is 478 cm³/mol. The number of hydrogen-bond donors (Lipinski definition) is 4. The molecule has 0 spiro atoms. The monoisotopic (exact) mass is 1600 g/mol. The fourth-order valence-corrected chi connectivity index (χ4v) is 17.3. The summed E-state index contributed by atoms with van der Waals surface area (Å²) in [6.07, 6.45) is 39.1. The molecule has 120 heavy (non-hydrogen) atoms. The van der Waals surface area contributed by atoms with Crippen LogP contribution in [-0.2, 0) is 44.9 Å². The summed E-state index contributed by atoms with van der Waals surface area (Å²) in [5.41, 5.74) is 24.2. The largest absolute Gasteiger partial charge is 0.326 e. The maximum atomic E-state index is 12.8. The molecule has 4 N–H and O–H groups in total. The normalized spacial score (nSPS) is 18.7. The van der Waals surface area contributed by atoms with Gasteiger partial charge in [0.05, 0.1) is 45.6 Å². The molecular weight excluding hydrogens is 1490 g/mol. The van der Waals surface area contributed by atoms with Gasteiger partial charge in [0.1, 0.15) is 19.0 Å². The second-order valence-corrected chi connectivity index (χ2v) is 33.6. The molecule has 616 valence electrons. The number of aryl methyl sites for hydroxylation is 4. The Morgan fingerprint density at radius 2 is 0.542 bits per heavy atom. The first-order chi connectivity index (χ1) is 58.4. The molecule has 4 saturated carbocycles. The molecule has 4 aliphatic rings. The van der Waals surface area contributed by atoms with Crippen LogP contribution in [0.15, 0.2) is 226 Å². The minimum atomic E-state index is 0.124. The van der Waals surface area contributed by atoms with E-state index in [1.54, 1.807) is 43.8 Å². The lowest BCUT2D eigenvalue weighted by molar-refractivity contribution is -0.122. The summed E-state index contributed by atoms with van der Waals surface area (Å²) >= 11 is 0. The molecule has 8 atom stereocenters. The molecule has 0 radical (unpaired) electrons. The van der Waals surface area contributed by atoms with Crippen molar-refractivity contribution < 1.29 is 19.2 Å². The molecule has 4 fully saturated rings. The van der Waals surface area contributed by atoms with Crippen LogP contribution in [0.1, 0.15) is 198 Å². The molecule has 4 aliphatic carbocycles. The third-order valence-corrected chi connectivity index (χ3v) is 24.2. The van der Waals surface area contributed by atoms with E-state index in [4.69, 9.17) is 0 Å². The van der Waals surface area contributed by atoms with Gasteiger partial charge in [-0.15, -0.1) is 0 Å². The number of carbonyl (C=O) groups excluding carboxylic acids is 4. The molecule has 16 rings (SSSR count). The van der Waals surface area contributed by atoms with Crippen LogP contribution in [0.3, 0.4) is 0 Å². The van der Waals surface area contributed by atoms with E-state index < -0.39 is 0 Å². The van der Waals surface area contributed by atoms with Crippen LogP contribution in [-0.4, -0.2) is 78.5 Å². The van der Waals surface area contributed by atoms with E-state index >= 15 is 0 Å². The summed E-state index contributed by atoms with van der Waals surface area (Å²) in [5.74, 6) is 3.64. The molecule has 12 aromatic rings. The van der Waals surface area contributed by atoms with Gasteiger partial charge in [-0.2, -0.15) is 0 Å². The smallest absolute Gasteiger partial charge is 0.227 e. The Bertz CT molecular complexity index is 4740. The predicted octanol–water partition coefficient (Wildman–Crippen LogP) is 21.4. The SMILES string of the molecule is Cc1ccc(NC(=O)C2CCCC(C)C2)cc1Cc1ncccc1-c1ccccn1.Cc1ccc(NC(=O)C2CCCC(C)C2)cc1Cc1ncccc1-c1ccncn1.Cc1ccc(NC(=O)C2CCC[C@H](C)C2)cc1Cc1ncccc1-c1ccncn1.Cc1ccc(NC(=O)C2CCC[C@H](C)C2)cc1Cc1ncccc1-c1ccncn1. The highest BCUT2D eigenvalue weighted by Crippen LogP contribution is 2.37. The lowest BCUT2D eigenvalue weighted by Crippen LogP contribution is -2.27. The second-order valence-electron chi connectivity index (χ2n) is 33.6. The van der Waals surface area contributed by atoms with Gasteiger partial charge in [0.25, 0.3) is 0 Å². The third-order valence-electron chi connectivity index (χ3n) is 24.2. The number of nitrogens with one attached hydrogen (secondary N) is 4. The molecule has 8 aromatic heterocycles. The van der Waals surface area contributed by atoms with E-state index in [1.165, 1.54) is 53.5 Å². The highest BCUT2D eigenvalue weighted by atomic mass is 16.2. The summed E-state index contributed by atoms with van der Waals surface area (Å²) in [6, 6.07) is 52.1. The summed E-state index contributed by atoms with van der Waals surface area (Å²) < 4.78 is 0. The topological polar surface area (TPSA) is 258 Å². The van der Waals surface area contributed by atoms with Crippen molar-refractivity contribution in [2.75, 3.05) is 21.3 Å². The van der Waals surface area contributed by atoms with Crippen LogP contribution in [0.5, 0.6) is 0 Å². The molecule has 0 bridgehead atoms. The van der Waals surface area contributed by atoms with Crippen molar-refractivity contribution in [3.8, 4) is 45.0 Å². The number of aromatic nitrogens is 11. The maximum Gasteiger partial charge on any atom is 0.227 e. The van der Waals surface area contributed by atoms with Crippen molar-refractivity contribution in [2.45, 2.75) is 184 Å². The first-order valence-corrected chi connectivity index (χ1v) is 43.0. The van der Waals surface area contributed by atoms with Crippen LogP contribution in [0.4, 0.5) is 22.7 Å². The first kappa shape index (κ1) is 85.6. The van der Waals surface area contributed by atoms with Crippen LogP contribution < -0.4 is 21.3 Å². The van der Waals surface area contributed by atoms with Gasteiger partial charge in [0.2, 0.25) is 23.6 Å². The van der Waals surface area contributed by atoms with E-state index in [9.17, 15) is 19.2 Å². The van der Waals surface area contributed by atoms with Crippen molar-refractivity contribution in [3.05, 3.63) is 294 Å². The van der Waals surface area contributed by atoms with Gasteiger partial charge in [-0.3, -0.25) is 44.1 Å². The van der Waals surface area contributed by atoms with Gasteiger partial charge in [-0.05, 0) is 275 Å². The minimum absolute atomic E-state index is 0.124. The lowest BCUT2D eigenvalue weighted by Gasteiger charge is -2.25. The van der Waals surface area contributed by atoms with Crippen LogP contribution >= 0.6 is 0 Å². The molecule has 4 amide bonds. The minimum Gasteiger partial charge on any atom is -0.326 e. The van der Waals surface area contributed by atoms with E-state index in [0.717, 1.165) is 184 Å². The highest BCUT2D eigenvalue weighted by molar-refractivity contribution is 5.95. The van der Waals surface area contributed by atoms with E-state index in [-0.39, 0.29) is 47.3 Å². The van der Waals surface area contributed by atoms with E-state index in [0.29, 0.717) is 49.4 Å². The van der Waals surface area contributed by atoms with Crippen molar-refractivity contribution in [1.82, 2.24) is 54.8 Å². The second kappa shape index (κ2) is 42.4. The summed E-state index contributed by atoms with van der Waals surface area (Å²) in [6.45, 7) is 17.4. The fourth-order valence-electron chi connectivity index (χ4n) is 17.3. The molecular formula is C101H113N15O4. The molecule has 0 aliphatic heterocycles. The molecule has 4 aromatic carbocycles. The molecule has 8 heterocycles. The Morgan fingerprint density at radius 3 is 0.775 bits per heavy atom. The lowest BCUT2D eigenvalue weighted by atomic mass is 9.82. The standard InChI is InChI=1S/C26H29N3O.3C25H28N4O/c1-18-7-5-8-20(15-18)26(30)29-22-12-11-19(2)21(16-22)17-25-23(9-6-14-28-25)24-10-3-4-13-27-24;3*1-17-5-3-6-19(13-17)25(30)29-21-9-8-18(2)20(14-21)15-24-22(7-4-11-27-24)23-10-12-26-16-28-23/h3-4,6,9-14,16,18,20H,5,7-8,15,17H2,1-2H3,(H,29,30);3*4,7-12,14,16-17,19H,3,5-6,13,15H2,1-2H3,(H,29,30)/t;2*17-,19?;/m.00./s1. The van der Waals surface area contributed by atoms with Crippen LogP contribution in [0.2, 0.25) is 0 Å². The van der Waals surface area contributed by atoms with Gasteiger partial charge in [-0.25, -0.2) is 29.9 Å². The number of benzene rings is 4. The van der Waals surface area contributed by atoms with Gasteiger partial charge >= 0.3 is 0 Å². The van der Waals surface area contributed by atoms with Crippen molar-refractivity contribution >= 4 is 46.4 Å². The van der Waals surface area contributed by atoms with E-state index in [1.807, 2.05) is 128 Å². The maximum absolute atomic E-state index is 12.8.